The molecule has 1 N–H and O–H groups in total. The molecule has 3 rings (SSSR count). The summed E-state index contributed by atoms with van der Waals surface area (Å²) in [5, 5.41) is 3.89. The maximum Gasteiger partial charge on any atom is 0.247 e. The van der Waals surface area contributed by atoms with Crippen LogP contribution in [-0.2, 0) is 4.79 Å². The zero-order chi connectivity index (χ0) is 12.6. The van der Waals surface area contributed by atoms with E-state index in [1.165, 1.54) is 32.1 Å². The molecule has 1 amide bonds. The van der Waals surface area contributed by atoms with Crippen LogP contribution in [0.25, 0.3) is 0 Å². The molecule has 18 heavy (non-hydrogen) atoms. The minimum absolute atomic E-state index is 0.239. The summed E-state index contributed by atoms with van der Waals surface area (Å²) in [6.07, 6.45) is 14.0. The molecule has 2 bridgehead atoms. The Balaban J connectivity index is 1.68. The number of hydrogen-bond acceptors (Lipinski definition) is 3. The molecule has 2 aliphatic carbocycles. The Morgan fingerprint density at radius 3 is 2.67 bits per heavy atom. The summed E-state index contributed by atoms with van der Waals surface area (Å²) in [7, 11) is 0. The van der Waals surface area contributed by atoms with Crippen LogP contribution in [0.3, 0.4) is 0 Å². The number of carbonyl (C=O) groups excluding carboxylic acids is 1. The largest absolute Gasteiger partial charge is 0.351 e. The molecule has 1 heterocycles. The molecular weight excluding hydrogens is 262 g/mol. The third-order valence-electron chi connectivity index (χ3n) is 4.42. The van der Waals surface area contributed by atoms with Gasteiger partial charge in [-0.3, -0.25) is 4.79 Å². The summed E-state index contributed by atoms with van der Waals surface area (Å²) < 4.78 is -0.239. The average molecular weight is 283 g/mol. The predicted octanol–water partition coefficient (Wildman–Crippen LogP) is 3.19. The second-order valence-electron chi connectivity index (χ2n) is 5.56. The van der Waals surface area contributed by atoms with E-state index in [4.69, 9.17) is 0 Å². The molecule has 4 heteroatoms. The number of rotatable bonds is 3. The van der Waals surface area contributed by atoms with E-state index in [2.05, 4.69) is 23.7 Å². The number of allylic oxidation sites excluding steroid dienone is 1. The summed E-state index contributed by atoms with van der Waals surface area (Å²) >= 11 is 3.61. The topological polar surface area (TPSA) is 29.1 Å². The van der Waals surface area contributed by atoms with Gasteiger partial charge in [0.2, 0.25) is 5.91 Å². The Morgan fingerprint density at radius 1 is 1.33 bits per heavy atom. The van der Waals surface area contributed by atoms with Crippen molar-refractivity contribution in [3.63, 3.8) is 0 Å². The van der Waals surface area contributed by atoms with E-state index in [0.29, 0.717) is 17.2 Å². The van der Waals surface area contributed by atoms with Crippen LogP contribution >= 0.6 is 23.5 Å². The lowest BCUT2D eigenvalue weighted by Gasteiger charge is -2.34. The lowest BCUT2D eigenvalue weighted by molar-refractivity contribution is -0.122. The minimum Gasteiger partial charge on any atom is -0.351 e. The van der Waals surface area contributed by atoms with Gasteiger partial charge in [0.1, 0.15) is 4.08 Å². The van der Waals surface area contributed by atoms with Gasteiger partial charge in [0.15, 0.2) is 0 Å². The van der Waals surface area contributed by atoms with E-state index in [1.807, 2.05) is 11.8 Å². The van der Waals surface area contributed by atoms with Crippen LogP contribution in [0.2, 0.25) is 0 Å². The second kappa shape index (κ2) is 5.12. The van der Waals surface area contributed by atoms with Gasteiger partial charge in [0.05, 0.1) is 0 Å². The Labute approximate surface area is 118 Å². The number of thioether (sulfide) groups is 2. The van der Waals surface area contributed by atoms with Crippen LogP contribution in [0.15, 0.2) is 12.2 Å². The van der Waals surface area contributed by atoms with E-state index in [0.717, 1.165) is 6.42 Å². The third kappa shape index (κ3) is 2.11. The van der Waals surface area contributed by atoms with Gasteiger partial charge in [0.25, 0.3) is 0 Å². The molecule has 0 aromatic heterocycles. The lowest BCUT2D eigenvalue weighted by Crippen LogP contribution is -2.49. The first-order chi connectivity index (χ1) is 8.74. The summed E-state index contributed by atoms with van der Waals surface area (Å²) in [6.45, 7) is 0. The van der Waals surface area contributed by atoms with Crippen LogP contribution in [-0.4, -0.2) is 27.5 Å². The fourth-order valence-electron chi connectivity index (χ4n) is 3.39. The van der Waals surface area contributed by atoms with E-state index >= 15 is 0 Å². The molecule has 0 aromatic carbocycles. The minimum atomic E-state index is -0.239. The van der Waals surface area contributed by atoms with Crippen LogP contribution in [0.5, 0.6) is 0 Å². The number of carbonyl (C=O) groups is 1. The monoisotopic (exact) mass is 283 g/mol. The molecule has 0 aromatic rings. The van der Waals surface area contributed by atoms with Gasteiger partial charge in [-0.2, -0.15) is 0 Å². The van der Waals surface area contributed by atoms with Crippen LogP contribution in [0.4, 0.5) is 0 Å². The SMILES string of the molecule is CSC1(C(=O)NC2CCCCC2)SC2C=CC1C2. The van der Waals surface area contributed by atoms with Crippen molar-refractivity contribution in [1.82, 2.24) is 5.32 Å². The molecule has 0 radical (unpaired) electrons. The smallest absolute Gasteiger partial charge is 0.247 e. The highest BCUT2D eigenvalue weighted by Crippen LogP contribution is 2.57. The highest BCUT2D eigenvalue weighted by molar-refractivity contribution is 8.19. The second-order valence-corrected chi connectivity index (χ2v) is 8.36. The van der Waals surface area contributed by atoms with E-state index in [-0.39, 0.29) is 9.99 Å². The number of nitrogens with one attached hydrogen (secondary N) is 1. The quantitative estimate of drug-likeness (QED) is 0.807. The first-order valence-corrected chi connectivity index (χ1v) is 9.07. The average Bonchev–Trinajstić information content (AvgIpc) is 3.00. The van der Waals surface area contributed by atoms with Gasteiger partial charge >= 0.3 is 0 Å². The van der Waals surface area contributed by atoms with Crippen molar-refractivity contribution in [2.75, 3.05) is 6.26 Å². The first kappa shape index (κ1) is 12.9. The van der Waals surface area contributed by atoms with E-state index in [9.17, 15) is 4.79 Å². The summed E-state index contributed by atoms with van der Waals surface area (Å²) in [5.41, 5.74) is 0. The molecule has 3 atom stereocenters. The number of hydrogen-bond donors (Lipinski definition) is 1. The van der Waals surface area contributed by atoms with Gasteiger partial charge in [-0.05, 0) is 25.5 Å². The van der Waals surface area contributed by atoms with Gasteiger partial charge in [0, 0.05) is 17.2 Å². The van der Waals surface area contributed by atoms with Crippen molar-refractivity contribution in [3.05, 3.63) is 12.2 Å². The van der Waals surface area contributed by atoms with Crippen molar-refractivity contribution < 1.29 is 4.79 Å². The lowest BCUT2D eigenvalue weighted by atomic mass is 9.95. The summed E-state index contributed by atoms with van der Waals surface area (Å²) in [4.78, 5) is 12.7. The Kier molecular flexibility index (Phi) is 3.68. The van der Waals surface area contributed by atoms with Gasteiger partial charge < -0.3 is 5.32 Å². The van der Waals surface area contributed by atoms with Gasteiger partial charge in [-0.1, -0.05) is 31.4 Å². The third-order valence-corrected chi connectivity index (χ3v) is 7.79. The highest BCUT2D eigenvalue weighted by Gasteiger charge is 2.54. The standard InChI is InChI=1S/C14H21NOS2/c1-17-14(10-7-8-12(9-10)18-14)13(16)15-11-5-3-2-4-6-11/h7-8,10-12H,2-6,9H2,1H3,(H,15,16). The molecule has 1 aliphatic heterocycles. The van der Waals surface area contributed by atoms with Gasteiger partial charge in [-0.15, -0.1) is 23.5 Å². The molecule has 2 nitrogen and oxygen atoms in total. The zero-order valence-corrected chi connectivity index (χ0v) is 12.5. The molecule has 3 aliphatic rings. The molecule has 2 fully saturated rings. The molecular formula is C14H21NOS2. The van der Waals surface area contributed by atoms with E-state index in [1.54, 1.807) is 11.8 Å². The Bertz CT molecular complexity index is 365. The van der Waals surface area contributed by atoms with Crippen molar-refractivity contribution in [2.24, 2.45) is 5.92 Å². The molecule has 100 valence electrons. The molecule has 1 saturated heterocycles. The van der Waals surface area contributed by atoms with Crippen LogP contribution in [0.1, 0.15) is 38.5 Å². The predicted molar refractivity (Wildman–Crippen MR) is 79.9 cm³/mol. The number of fused-ring (bicyclic) bond motifs is 2. The highest BCUT2D eigenvalue weighted by atomic mass is 32.2. The Hall–Kier alpha value is -0.0900. The van der Waals surface area contributed by atoms with Gasteiger partial charge in [-0.25, -0.2) is 0 Å². The van der Waals surface area contributed by atoms with Crippen LogP contribution < -0.4 is 5.32 Å². The Morgan fingerprint density at radius 2 is 2.11 bits per heavy atom. The van der Waals surface area contributed by atoms with Crippen molar-refractivity contribution >= 4 is 29.4 Å². The molecule has 1 saturated carbocycles. The fourth-order valence-corrected chi connectivity index (χ4v) is 6.31. The van der Waals surface area contributed by atoms with Crippen molar-refractivity contribution in [3.8, 4) is 0 Å². The fraction of sp³-hybridized carbons (Fsp3) is 0.786. The maximum absolute atomic E-state index is 12.7. The normalized spacial score (nSPS) is 39.2. The van der Waals surface area contributed by atoms with E-state index < -0.39 is 0 Å². The van der Waals surface area contributed by atoms with Crippen LogP contribution in [0, 0.1) is 5.92 Å². The van der Waals surface area contributed by atoms with Crippen molar-refractivity contribution in [2.45, 2.75) is 53.9 Å². The number of amides is 1. The van der Waals surface area contributed by atoms with Crippen molar-refractivity contribution in [1.29, 1.82) is 0 Å². The molecule has 0 spiro atoms. The zero-order valence-electron chi connectivity index (χ0n) is 10.9. The summed E-state index contributed by atoms with van der Waals surface area (Å²) in [6, 6.07) is 0.430. The maximum atomic E-state index is 12.7. The molecule has 3 unspecified atom stereocenters. The first-order valence-electron chi connectivity index (χ1n) is 6.97. The summed E-state index contributed by atoms with van der Waals surface area (Å²) in [5.74, 6) is 0.717.